The molecule has 1 atom stereocenters. The Hall–Kier alpha value is -3.68. The van der Waals surface area contributed by atoms with Crippen molar-refractivity contribution in [2.75, 3.05) is 18.9 Å². The summed E-state index contributed by atoms with van der Waals surface area (Å²) in [5.41, 5.74) is 5.15. The van der Waals surface area contributed by atoms with E-state index in [0.717, 1.165) is 41.0 Å². The Bertz CT molecular complexity index is 1250. The molecule has 1 aliphatic rings. The number of hydrogen-bond acceptors (Lipinski definition) is 4. The molecule has 0 saturated heterocycles. The highest BCUT2D eigenvalue weighted by Gasteiger charge is 2.28. The van der Waals surface area contributed by atoms with Gasteiger partial charge >= 0.3 is 5.97 Å². The number of nitrogens with one attached hydrogen (secondary N) is 1. The predicted molar refractivity (Wildman–Crippen MR) is 142 cm³/mol. The topological polar surface area (TPSA) is 87.5 Å². The largest absolute Gasteiger partial charge is 0.481 e. The minimum atomic E-state index is -0.929. The molecule has 4 rings (SSSR count). The molecule has 0 radical (unpaired) electrons. The van der Waals surface area contributed by atoms with Crippen LogP contribution in [0.5, 0.6) is 0 Å². The summed E-state index contributed by atoms with van der Waals surface area (Å²) >= 11 is 0. The summed E-state index contributed by atoms with van der Waals surface area (Å²) in [5, 5.41) is 17.4. The molecule has 196 valence electrons. The number of anilines is 1. The van der Waals surface area contributed by atoms with E-state index >= 15 is 0 Å². The van der Waals surface area contributed by atoms with Gasteiger partial charge in [-0.15, -0.1) is 0 Å². The standard InChI is InChI=1S/C29H35FN4O3/c1-19-17-23(30)11-14-26(19)34-18-25(20(2)32-34)28(21-7-5-4-6-8-21)31-24-12-9-22(10-13-24)29(37)33(3)16-15-27(35)36/h9-14,17-18,21,28,31H,4-8,15-16H2,1-3H3,(H,35,36). The lowest BCUT2D eigenvalue weighted by atomic mass is 9.81. The lowest BCUT2D eigenvalue weighted by Gasteiger charge is -2.31. The van der Waals surface area contributed by atoms with Crippen LogP contribution >= 0.6 is 0 Å². The first-order valence-corrected chi connectivity index (χ1v) is 12.9. The van der Waals surface area contributed by atoms with Crippen LogP contribution in [0.4, 0.5) is 10.1 Å². The van der Waals surface area contributed by atoms with E-state index in [-0.39, 0.29) is 30.7 Å². The van der Waals surface area contributed by atoms with Crippen LogP contribution in [0.25, 0.3) is 5.69 Å². The molecule has 0 spiro atoms. The smallest absolute Gasteiger partial charge is 0.305 e. The van der Waals surface area contributed by atoms with E-state index in [4.69, 9.17) is 10.2 Å². The van der Waals surface area contributed by atoms with Crippen LogP contribution in [0, 0.1) is 25.6 Å². The van der Waals surface area contributed by atoms with Crippen LogP contribution in [-0.4, -0.2) is 45.3 Å². The van der Waals surface area contributed by atoms with Gasteiger partial charge in [-0.2, -0.15) is 5.10 Å². The summed E-state index contributed by atoms with van der Waals surface area (Å²) in [6, 6.07) is 12.1. The Morgan fingerprint density at radius 3 is 2.49 bits per heavy atom. The number of rotatable bonds is 9. The third-order valence-electron chi connectivity index (χ3n) is 7.26. The average molecular weight is 507 g/mol. The fourth-order valence-electron chi connectivity index (χ4n) is 5.17. The Morgan fingerprint density at radius 1 is 1.14 bits per heavy atom. The van der Waals surface area contributed by atoms with Crippen molar-refractivity contribution in [2.45, 2.75) is 58.4 Å². The fourth-order valence-corrected chi connectivity index (χ4v) is 5.17. The molecule has 1 unspecified atom stereocenters. The monoisotopic (exact) mass is 506 g/mol. The number of carbonyl (C=O) groups excluding carboxylic acids is 1. The zero-order valence-electron chi connectivity index (χ0n) is 21.7. The van der Waals surface area contributed by atoms with Gasteiger partial charge in [0.1, 0.15) is 5.82 Å². The van der Waals surface area contributed by atoms with Crippen molar-refractivity contribution in [3.8, 4) is 5.69 Å². The minimum Gasteiger partial charge on any atom is -0.481 e. The van der Waals surface area contributed by atoms with Crippen LogP contribution in [-0.2, 0) is 4.79 Å². The summed E-state index contributed by atoms with van der Waals surface area (Å²) < 4.78 is 15.5. The molecule has 1 aromatic heterocycles. The summed E-state index contributed by atoms with van der Waals surface area (Å²) in [7, 11) is 1.61. The molecule has 3 aromatic rings. The highest BCUT2D eigenvalue weighted by atomic mass is 19.1. The Balaban J connectivity index is 1.57. The number of aliphatic carboxylic acids is 1. The van der Waals surface area contributed by atoms with Crippen LogP contribution in [0.3, 0.4) is 0 Å². The first kappa shape index (κ1) is 26.4. The zero-order valence-corrected chi connectivity index (χ0v) is 21.7. The van der Waals surface area contributed by atoms with E-state index in [1.807, 2.05) is 30.7 Å². The second-order valence-electron chi connectivity index (χ2n) is 10.0. The van der Waals surface area contributed by atoms with Gasteiger partial charge in [0.05, 0.1) is 23.8 Å². The van der Waals surface area contributed by atoms with E-state index in [1.165, 1.54) is 36.3 Å². The maximum atomic E-state index is 13.7. The van der Waals surface area contributed by atoms with E-state index in [0.29, 0.717) is 11.5 Å². The number of nitrogens with zero attached hydrogens (tertiary/aromatic N) is 3. The number of carboxylic acid groups (broad SMARTS) is 1. The molecule has 1 amide bonds. The number of carbonyl (C=O) groups is 2. The SMILES string of the molecule is Cc1cc(F)ccc1-n1cc(C(Nc2ccc(C(=O)N(C)CCC(=O)O)cc2)C2CCCCC2)c(C)n1. The molecule has 0 aliphatic heterocycles. The number of amides is 1. The second kappa shape index (κ2) is 11.6. The van der Waals surface area contributed by atoms with Gasteiger partial charge in [0.15, 0.2) is 0 Å². The average Bonchev–Trinajstić information content (AvgIpc) is 3.27. The molecule has 37 heavy (non-hydrogen) atoms. The van der Waals surface area contributed by atoms with Crippen molar-refractivity contribution < 1.29 is 19.1 Å². The van der Waals surface area contributed by atoms with Crippen molar-refractivity contribution in [3.63, 3.8) is 0 Å². The maximum Gasteiger partial charge on any atom is 0.305 e. The minimum absolute atomic E-state index is 0.0506. The first-order valence-electron chi connectivity index (χ1n) is 12.9. The van der Waals surface area contributed by atoms with Gasteiger partial charge in [0, 0.05) is 36.6 Å². The molecule has 1 saturated carbocycles. The molecule has 2 aromatic carbocycles. The number of hydrogen-bond donors (Lipinski definition) is 2. The van der Waals surface area contributed by atoms with Crippen molar-refractivity contribution in [1.29, 1.82) is 0 Å². The Labute approximate surface area is 217 Å². The van der Waals surface area contributed by atoms with Crippen LogP contribution in [0.2, 0.25) is 0 Å². The van der Waals surface area contributed by atoms with Crippen molar-refractivity contribution in [3.05, 3.63) is 76.9 Å². The molecule has 1 aliphatic carbocycles. The van der Waals surface area contributed by atoms with Crippen LogP contribution in [0.1, 0.15) is 71.7 Å². The molecule has 2 N–H and O–H groups in total. The van der Waals surface area contributed by atoms with Gasteiger partial charge in [-0.1, -0.05) is 19.3 Å². The number of halogens is 1. The first-order chi connectivity index (χ1) is 17.7. The number of aromatic nitrogens is 2. The van der Waals surface area contributed by atoms with Crippen molar-refractivity contribution >= 4 is 17.6 Å². The molecule has 0 bridgehead atoms. The molecule has 7 nitrogen and oxygen atoms in total. The van der Waals surface area contributed by atoms with E-state index in [2.05, 4.69) is 11.5 Å². The third-order valence-corrected chi connectivity index (χ3v) is 7.26. The van der Waals surface area contributed by atoms with Gasteiger partial charge in [0.25, 0.3) is 5.91 Å². The van der Waals surface area contributed by atoms with Gasteiger partial charge in [-0.25, -0.2) is 9.07 Å². The van der Waals surface area contributed by atoms with Gasteiger partial charge in [-0.05, 0) is 80.6 Å². The normalized spacial score (nSPS) is 14.8. The van der Waals surface area contributed by atoms with E-state index in [1.54, 1.807) is 25.2 Å². The maximum absolute atomic E-state index is 13.7. The summed E-state index contributed by atoms with van der Waals surface area (Å²) in [6.45, 7) is 4.06. The number of aryl methyl sites for hydroxylation is 2. The fraction of sp³-hybridized carbons (Fsp3) is 0.414. The highest BCUT2D eigenvalue weighted by molar-refractivity contribution is 5.94. The molecule has 8 heteroatoms. The van der Waals surface area contributed by atoms with Gasteiger partial charge < -0.3 is 15.3 Å². The molecular formula is C29H35FN4O3. The third kappa shape index (κ3) is 6.37. The Morgan fingerprint density at radius 2 is 1.84 bits per heavy atom. The van der Waals surface area contributed by atoms with Crippen molar-refractivity contribution in [1.82, 2.24) is 14.7 Å². The predicted octanol–water partition coefficient (Wildman–Crippen LogP) is 5.91. The molecular weight excluding hydrogens is 471 g/mol. The van der Waals surface area contributed by atoms with E-state index in [9.17, 15) is 14.0 Å². The van der Waals surface area contributed by atoms with Crippen LogP contribution in [0.15, 0.2) is 48.7 Å². The second-order valence-corrected chi connectivity index (χ2v) is 10.0. The number of benzene rings is 2. The highest BCUT2D eigenvalue weighted by Crippen LogP contribution is 2.38. The van der Waals surface area contributed by atoms with Gasteiger partial charge in [0.2, 0.25) is 0 Å². The summed E-state index contributed by atoms with van der Waals surface area (Å²) in [6.07, 6.45) is 7.87. The molecule has 1 heterocycles. The van der Waals surface area contributed by atoms with Crippen molar-refractivity contribution in [2.24, 2.45) is 5.92 Å². The van der Waals surface area contributed by atoms with Gasteiger partial charge in [-0.3, -0.25) is 9.59 Å². The Kier molecular flexibility index (Phi) is 8.26. The quantitative estimate of drug-likeness (QED) is 0.377. The number of carboxylic acids is 1. The lowest BCUT2D eigenvalue weighted by Crippen LogP contribution is -2.29. The summed E-state index contributed by atoms with van der Waals surface area (Å²) in [5.74, 6) is -0.949. The van der Waals surface area contributed by atoms with Crippen LogP contribution < -0.4 is 5.32 Å². The lowest BCUT2D eigenvalue weighted by molar-refractivity contribution is -0.137. The zero-order chi connectivity index (χ0) is 26.5. The van der Waals surface area contributed by atoms with E-state index < -0.39 is 5.97 Å². The molecule has 1 fully saturated rings. The summed E-state index contributed by atoms with van der Waals surface area (Å²) in [4.78, 5) is 24.9.